The van der Waals surface area contributed by atoms with Crippen molar-refractivity contribution in [2.75, 3.05) is 6.54 Å². The smallest absolute Gasteiger partial charge is 0.419 e. The summed E-state index contributed by atoms with van der Waals surface area (Å²) in [5.74, 6) is -2.83. The molecule has 2 heterocycles. The van der Waals surface area contributed by atoms with Gasteiger partial charge in [0.1, 0.15) is 29.3 Å². The predicted octanol–water partition coefficient (Wildman–Crippen LogP) is 4.36. The molecular formula is C38H47N5O9S. The standard InChI is InChI=1S/C38H47N5O9S/c1-8-22-20-38(22,33(46)41-53(49,50)24-17-18-24)40-31(44)29-19-23(21-42(29)32(45)30(36(2,3)4)39-34(47)52-37(5,6)7)51-35(48)43-27-15-11-9-13-25(27)26-14-10-12-16-28(26)43/h8-16,22-24,29-30H,1,17-21H2,2-7H3,(H,39,47)(H,40,44)(H,41,46). The summed E-state index contributed by atoms with van der Waals surface area (Å²) in [5.41, 5.74) is -2.09. The number of hydrogen-bond acceptors (Lipinski definition) is 9. The van der Waals surface area contributed by atoms with Gasteiger partial charge in [-0.25, -0.2) is 22.6 Å². The molecule has 0 bridgehead atoms. The summed E-state index contributed by atoms with van der Waals surface area (Å²) in [7, 11) is -3.93. The van der Waals surface area contributed by atoms with Crippen LogP contribution in [0.1, 0.15) is 67.2 Å². The van der Waals surface area contributed by atoms with E-state index in [-0.39, 0.29) is 19.4 Å². The number of nitrogens with zero attached hydrogens (tertiary/aromatic N) is 2. The summed E-state index contributed by atoms with van der Waals surface area (Å²) >= 11 is 0. The molecule has 0 spiro atoms. The molecule has 1 aromatic heterocycles. The number of rotatable bonds is 9. The Labute approximate surface area is 308 Å². The number of hydrogen-bond donors (Lipinski definition) is 3. The number of nitrogens with one attached hydrogen (secondary N) is 3. The Balaban J connectivity index is 1.30. The van der Waals surface area contributed by atoms with Crippen molar-refractivity contribution in [3.63, 3.8) is 0 Å². The van der Waals surface area contributed by atoms with E-state index in [0.717, 1.165) is 10.8 Å². The summed E-state index contributed by atoms with van der Waals surface area (Å²) in [6, 6.07) is 12.3. The monoisotopic (exact) mass is 749 g/mol. The molecule has 0 radical (unpaired) electrons. The summed E-state index contributed by atoms with van der Waals surface area (Å²) < 4.78 is 40.4. The van der Waals surface area contributed by atoms with Gasteiger partial charge in [0.2, 0.25) is 21.8 Å². The van der Waals surface area contributed by atoms with Gasteiger partial charge in [-0.15, -0.1) is 6.58 Å². The largest absolute Gasteiger partial charge is 0.444 e. The Kier molecular flexibility index (Phi) is 9.63. The van der Waals surface area contributed by atoms with Gasteiger partial charge in [0.25, 0.3) is 5.91 Å². The van der Waals surface area contributed by atoms with Gasteiger partial charge in [-0.05, 0) is 57.6 Å². The van der Waals surface area contributed by atoms with E-state index in [9.17, 15) is 32.4 Å². The van der Waals surface area contributed by atoms with E-state index in [4.69, 9.17) is 9.47 Å². The van der Waals surface area contributed by atoms with Crippen LogP contribution in [-0.4, -0.2) is 88.9 Å². The van der Waals surface area contributed by atoms with Crippen LogP contribution in [-0.2, 0) is 33.9 Å². The number of likely N-dealkylation sites (tertiary alicyclic amines) is 1. The van der Waals surface area contributed by atoms with Gasteiger partial charge in [0.15, 0.2) is 0 Å². The molecule has 2 saturated carbocycles. The minimum Gasteiger partial charge on any atom is -0.444 e. The van der Waals surface area contributed by atoms with Crippen molar-refractivity contribution < 1.29 is 41.9 Å². The molecule has 2 aliphatic carbocycles. The average Bonchev–Trinajstić information content (AvgIpc) is 3.97. The lowest BCUT2D eigenvalue weighted by atomic mass is 9.85. The van der Waals surface area contributed by atoms with E-state index in [2.05, 4.69) is 21.9 Å². The number of carbonyl (C=O) groups excluding carboxylic acids is 5. The number of fused-ring (bicyclic) bond motifs is 3. The van der Waals surface area contributed by atoms with Crippen LogP contribution in [0.5, 0.6) is 0 Å². The lowest BCUT2D eigenvalue weighted by Gasteiger charge is -2.36. The topological polar surface area (TPSA) is 182 Å². The van der Waals surface area contributed by atoms with Crippen LogP contribution in [0.25, 0.3) is 21.8 Å². The molecule has 5 atom stereocenters. The van der Waals surface area contributed by atoms with E-state index in [1.54, 1.807) is 53.7 Å². The molecule has 53 heavy (non-hydrogen) atoms. The highest BCUT2D eigenvalue weighted by Gasteiger charge is 2.62. The van der Waals surface area contributed by atoms with Crippen molar-refractivity contribution >= 4 is 61.7 Å². The molecule has 15 heteroatoms. The number of carbonyl (C=O) groups is 5. The van der Waals surface area contributed by atoms with Crippen molar-refractivity contribution in [1.82, 2.24) is 24.8 Å². The van der Waals surface area contributed by atoms with Crippen LogP contribution in [0.3, 0.4) is 0 Å². The maximum Gasteiger partial charge on any atom is 0.419 e. The van der Waals surface area contributed by atoms with Crippen LogP contribution in [0.2, 0.25) is 0 Å². The van der Waals surface area contributed by atoms with Crippen LogP contribution >= 0.6 is 0 Å². The number of amides is 4. The summed E-state index contributed by atoms with van der Waals surface area (Å²) in [6.07, 6.45) is -0.210. The highest BCUT2D eigenvalue weighted by atomic mass is 32.2. The van der Waals surface area contributed by atoms with Crippen molar-refractivity contribution in [3.05, 3.63) is 61.2 Å². The SMILES string of the molecule is C=CC1CC1(NC(=O)C1CC(OC(=O)n2c3ccccc3c3ccccc32)CN1C(=O)C(NC(=O)OC(C)(C)C)C(C)(C)C)C(=O)NS(=O)(=O)C1CC1. The van der Waals surface area contributed by atoms with E-state index < -0.39 is 85.8 Å². The van der Waals surface area contributed by atoms with Crippen molar-refractivity contribution in [1.29, 1.82) is 0 Å². The fourth-order valence-corrected chi connectivity index (χ4v) is 8.31. The molecular weight excluding hydrogens is 703 g/mol. The van der Waals surface area contributed by atoms with Gasteiger partial charge in [-0.1, -0.05) is 63.2 Å². The molecule has 284 valence electrons. The fraction of sp³-hybridized carbons (Fsp3) is 0.500. The minimum absolute atomic E-state index is 0.103. The first-order valence-corrected chi connectivity index (χ1v) is 19.3. The summed E-state index contributed by atoms with van der Waals surface area (Å²) in [4.78, 5) is 70.4. The fourth-order valence-electron chi connectivity index (χ4n) is 6.95. The zero-order valence-corrected chi connectivity index (χ0v) is 31.6. The number of ether oxygens (including phenoxy) is 2. The van der Waals surface area contributed by atoms with Gasteiger partial charge in [0, 0.05) is 23.1 Å². The first kappa shape index (κ1) is 37.8. The zero-order valence-electron chi connectivity index (χ0n) is 30.8. The molecule has 3 aliphatic rings. The van der Waals surface area contributed by atoms with Crippen LogP contribution < -0.4 is 15.4 Å². The third-order valence-corrected chi connectivity index (χ3v) is 11.7. The van der Waals surface area contributed by atoms with Crippen molar-refractivity contribution in [2.24, 2.45) is 11.3 Å². The highest BCUT2D eigenvalue weighted by Crippen LogP contribution is 2.45. The lowest BCUT2D eigenvalue weighted by Crippen LogP contribution is -2.60. The van der Waals surface area contributed by atoms with Crippen molar-refractivity contribution in [3.8, 4) is 0 Å². The minimum atomic E-state index is -3.93. The lowest BCUT2D eigenvalue weighted by molar-refractivity contribution is -0.143. The third-order valence-electron chi connectivity index (χ3n) is 9.90. The second-order valence-corrected chi connectivity index (χ2v) is 18.2. The maximum atomic E-state index is 14.5. The average molecular weight is 750 g/mol. The Morgan fingerprint density at radius 1 is 0.943 bits per heavy atom. The van der Waals surface area contributed by atoms with Crippen LogP contribution in [0.15, 0.2) is 61.2 Å². The van der Waals surface area contributed by atoms with E-state index in [1.807, 2.05) is 36.4 Å². The predicted molar refractivity (Wildman–Crippen MR) is 197 cm³/mol. The molecule has 3 aromatic rings. The number of benzene rings is 2. The van der Waals surface area contributed by atoms with Gasteiger partial charge in [0.05, 0.1) is 22.8 Å². The Morgan fingerprint density at radius 3 is 2.04 bits per heavy atom. The first-order valence-electron chi connectivity index (χ1n) is 17.8. The highest BCUT2D eigenvalue weighted by molar-refractivity contribution is 7.91. The van der Waals surface area contributed by atoms with Crippen LogP contribution in [0, 0.1) is 11.3 Å². The molecule has 2 aromatic carbocycles. The number of sulfonamides is 1. The number of aromatic nitrogens is 1. The van der Waals surface area contributed by atoms with E-state index in [0.29, 0.717) is 23.9 Å². The molecule has 14 nitrogen and oxygen atoms in total. The molecule has 4 amide bonds. The zero-order chi connectivity index (χ0) is 38.7. The van der Waals surface area contributed by atoms with Gasteiger partial charge in [-0.3, -0.25) is 19.1 Å². The number of para-hydroxylation sites is 2. The Morgan fingerprint density at radius 2 is 1.53 bits per heavy atom. The van der Waals surface area contributed by atoms with Crippen molar-refractivity contribution in [2.45, 2.75) is 102 Å². The summed E-state index contributed by atoms with van der Waals surface area (Å²) in [5, 5.41) is 6.42. The second-order valence-electron chi connectivity index (χ2n) is 16.2. The third kappa shape index (κ3) is 7.62. The van der Waals surface area contributed by atoms with E-state index in [1.165, 1.54) is 15.5 Å². The molecule has 3 N–H and O–H groups in total. The Hall–Kier alpha value is -4.92. The van der Waals surface area contributed by atoms with Gasteiger partial charge >= 0.3 is 12.2 Å². The quantitative estimate of drug-likeness (QED) is 0.268. The normalized spacial score (nSPS) is 23.6. The molecule has 1 saturated heterocycles. The number of alkyl carbamates (subject to hydrolysis) is 1. The summed E-state index contributed by atoms with van der Waals surface area (Å²) in [6.45, 7) is 13.8. The Bertz CT molecular complexity index is 2060. The molecule has 3 fully saturated rings. The molecule has 1 aliphatic heterocycles. The molecule has 5 unspecified atom stereocenters. The molecule has 6 rings (SSSR count). The van der Waals surface area contributed by atoms with Gasteiger partial charge < -0.3 is 25.0 Å². The van der Waals surface area contributed by atoms with Gasteiger partial charge in [-0.2, -0.15) is 0 Å². The van der Waals surface area contributed by atoms with E-state index >= 15 is 0 Å². The second kappa shape index (κ2) is 13.5. The first-order chi connectivity index (χ1) is 24.8. The maximum absolute atomic E-state index is 14.5. The van der Waals surface area contributed by atoms with Crippen LogP contribution in [0.4, 0.5) is 9.59 Å².